The third-order valence-electron chi connectivity index (χ3n) is 1.33. The number of ether oxygens (including phenoxy) is 1. The number of carbonyl (C=O) groups excluding carboxylic acids is 1. The Labute approximate surface area is 78.2 Å². The highest BCUT2D eigenvalue weighted by Gasteiger charge is 2.03. The molecule has 0 aliphatic carbocycles. The highest BCUT2D eigenvalue weighted by molar-refractivity contribution is 6.20. The first-order chi connectivity index (χ1) is 5.66. The summed E-state index contributed by atoms with van der Waals surface area (Å²) in [6.07, 6.45) is 2.64. The number of nitrogens with two attached hydrogens (primary N) is 1. The van der Waals surface area contributed by atoms with Crippen molar-refractivity contribution in [3.8, 4) is 0 Å². The van der Waals surface area contributed by atoms with E-state index in [1.807, 2.05) is 6.92 Å². The Morgan fingerprint density at radius 3 is 2.83 bits per heavy atom. The molecule has 12 heavy (non-hydrogen) atoms. The van der Waals surface area contributed by atoms with Gasteiger partial charge in [0.1, 0.15) is 0 Å². The van der Waals surface area contributed by atoms with Gasteiger partial charge in [-0.05, 0) is 19.3 Å². The maximum Gasteiger partial charge on any atom is 0.305 e. The quantitative estimate of drug-likeness (QED) is 0.396. The van der Waals surface area contributed by atoms with Gasteiger partial charge in [0.2, 0.25) is 0 Å². The average Bonchev–Trinajstić information content (AvgIpc) is 2.00. The Morgan fingerprint density at radius 2 is 2.33 bits per heavy atom. The molecule has 0 aromatic rings. The molecule has 0 rings (SSSR count). The first kappa shape index (κ1) is 11.7. The Kier molecular flexibility index (Phi) is 7.20. The van der Waals surface area contributed by atoms with E-state index in [1.165, 1.54) is 0 Å². The second kappa shape index (κ2) is 7.37. The third kappa shape index (κ3) is 7.82. The second-order valence-corrected chi connectivity index (χ2v) is 3.19. The van der Waals surface area contributed by atoms with Crippen LogP contribution in [0.1, 0.15) is 32.6 Å². The molecule has 0 spiro atoms. The lowest BCUT2D eigenvalue weighted by Gasteiger charge is -2.03. The van der Waals surface area contributed by atoms with Gasteiger partial charge in [0.15, 0.2) is 0 Å². The smallest absolute Gasteiger partial charge is 0.305 e. The highest BCUT2D eigenvalue weighted by atomic mass is 35.5. The average molecular weight is 194 g/mol. The Hall–Kier alpha value is -0.280. The molecule has 3 nitrogen and oxygen atoms in total. The molecule has 72 valence electrons. The topological polar surface area (TPSA) is 52.3 Å². The van der Waals surface area contributed by atoms with Gasteiger partial charge < -0.3 is 10.5 Å². The van der Waals surface area contributed by atoms with E-state index in [9.17, 15) is 4.79 Å². The summed E-state index contributed by atoms with van der Waals surface area (Å²) >= 11 is 5.49. The number of esters is 1. The van der Waals surface area contributed by atoms with Crippen LogP contribution < -0.4 is 5.73 Å². The Balaban J connectivity index is 3.20. The molecule has 0 radical (unpaired) electrons. The summed E-state index contributed by atoms with van der Waals surface area (Å²) in [5.74, 6) is -0.158. The van der Waals surface area contributed by atoms with Crippen molar-refractivity contribution in [3.05, 3.63) is 0 Å². The minimum Gasteiger partial charge on any atom is -0.466 e. The molecular weight excluding hydrogens is 178 g/mol. The molecular formula is C8H16ClNO2. The van der Waals surface area contributed by atoms with Gasteiger partial charge in [-0.15, -0.1) is 11.6 Å². The molecule has 2 N–H and O–H groups in total. The predicted molar refractivity (Wildman–Crippen MR) is 48.9 cm³/mol. The van der Waals surface area contributed by atoms with E-state index >= 15 is 0 Å². The zero-order valence-corrected chi connectivity index (χ0v) is 8.14. The lowest BCUT2D eigenvalue weighted by Crippen LogP contribution is -2.12. The molecule has 0 fully saturated rings. The van der Waals surface area contributed by atoms with Crippen molar-refractivity contribution >= 4 is 17.6 Å². The SMILES string of the molecule is CCCOC(=O)CCCC(N)Cl. The standard InChI is InChI=1S/C8H16ClNO2/c1-2-6-12-8(11)5-3-4-7(9)10/h7H,2-6,10H2,1H3. The zero-order valence-electron chi connectivity index (χ0n) is 7.38. The van der Waals surface area contributed by atoms with Crippen molar-refractivity contribution in [2.75, 3.05) is 6.61 Å². The molecule has 0 saturated carbocycles. The third-order valence-corrected chi connectivity index (χ3v) is 1.55. The summed E-state index contributed by atoms with van der Waals surface area (Å²) in [6.45, 7) is 2.47. The molecule has 0 bridgehead atoms. The molecule has 1 unspecified atom stereocenters. The Morgan fingerprint density at radius 1 is 1.67 bits per heavy atom. The van der Waals surface area contributed by atoms with Crippen molar-refractivity contribution in [3.63, 3.8) is 0 Å². The normalized spacial score (nSPS) is 12.6. The van der Waals surface area contributed by atoms with Crippen LogP contribution in [0.5, 0.6) is 0 Å². The lowest BCUT2D eigenvalue weighted by molar-refractivity contribution is -0.143. The van der Waals surface area contributed by atoms with Crippen molar-refractivity contribution in [2.45, 2.75) is 38.1 Å². The van der Waals surface area contributed by atoms with Gasteiger partial charge >= 0.3 is 5.97 Å². The molecule has 0 saturated heterocycles. The summed E-state index contributed by atoms with van der Waals surface area (Å²) in [5.41, 5.74) is 4.95. The van der Waals surface area contributed by atoms with E-state index in [2.05, 4.69) is 0 Å². The van der Waals surface area contributed by atoms with Crippen LogP contribution in [-0.2, 0) is 9.53 Å². The predicted octanol–water partition coefficient (Wildman–Crippen LogP) is 1.63. The van der Waals surface area contributed by atoms with Crippen LogP contribution in [0.25, 0.3) is 0 Å². The van der Waals surface area contributed by atoms with Crippen LogP contribution in [0.2, 0.25) is 0 Å². The van der Waals surface area contributed by atoms with Gasteiger partial charge in [-0.25, -0.2) is 0 Å². The molecule has 0 aliphatic heterocycles. The fraction of sp³-hybridized carbons (Fsp3) is 0.875. The summed E-state index contributed by atoms with van der Waals surface area (Å²) in [5, 5.41) is 0. The largest absolute Gasteiger partial charge is 0.466 e. The van der Waals surface area contributed by atoms with Crippen molar-refractivity contribution in [2.24, 2.45) is 5.73 Å². The molecule has 0 aromatic heterocycles. The van der Waals surface area contributed by atoms with Gasteiger partial charge in [0.25, 0.3) is 0 Å². The van der Waals surface area contributed by atoms with E-state index in [0.29, 0.717) is 25.9 Å². The first-order valence-corrected chi connectivity index (χ1v) is 4.65. The van der Waals surface area contributed by atoms with Crippen LogP contribution in [0.15, 0.2) is 0 Å². The number of halogens is 1. The number of hydrogen-bond acceptors (Lipinski definition) is 3. The van der Waals surface area contributed by atoms with E-state index in [0.717, 1.165) is 6.42 Å². The molecule has 0 amide bonds. The number of alkyl halides is 1. The fourth-order valence-electron chi connectivity index (χ4n) is 0.729. The van der Waals surface area contributed by atoms with Crippen LogP contribution in [-0.4, -0.2) is 18.1 Å². The van der Waals surface area contributed by atoms with Crippen molar-refractivity contribution in [1.29, 1.82) is 0 Å². The maximum absolute atomic E-state index is 10.9. The lowest BCUT2D eigenvalue weighted by atomic mass is 10.2. The zero-order chi connectivity index (χ0) is 9.40. The van der Waals surface area contributed by atoms with Crippen LogP contribution in [0.4, 0.5) is 0 Å². The fourth-order valence-corrected chi connectivity index (χ4v) is 0.884. The van der Waals surface area contributed by atoms with Crippen LogP contribution in [0, 0.1) is 0 Å². The monoisotopic (exact) mass is 193 g/mol. The number of carbonyl (C=O) groups is 1. The van der Waals surface area contributed by atoms with Gasteiger partial charge in [-0.3, -0.25) is 4.79 Å². The van der Waals surface area contributed by atoms with E-state index in [4.69, 9.17) is 22.1 Å². The van der Waals surface area contributed by atoms with Gasteiger partial charge in [0.05, 0.1) is 12.1 Å². The number of rotatable bonds is 6. The first-order valence-electron chi connectivity index (χ1n) is 4.22. The second-order valence-electron chi connectivity index (χ2n) is 2.63. The van der Waals surface area contributed by atoms with Crippen LogP contribution >= 0.6 is 11.6 Å². The van der Waals surface area contributed by atoms with E-state index in [-0.39, 0.29) is 11.5 Å². The molecule has 1 atom stereocenters. The minimum absolute atomic E-state index is 0.158. The van der Waals surface area contributed by atoms with Crippen molar-refractivity contribution < 1.29 is 9.53 Å². The summed E-state index contributed by atoms with van der Waals surface area (Å²) in [7, 11) is 0. The van der Waals surface area contributed by atoms with E-state index in [1.54, 1.807) is 0 Å². The summed E-state index contributed by atoms with van der Waals surface area (Å²) in [6, 6.07) is 0. The summed E-state index contributed by atoms with van der Waals surface area (Å²) in [4.78, 5) is 10.9. The number of hydrogen-bond donors (Lipinski definition) is 1. The minimum atomic E-state index is -0.344. The highest BCUT2D eigenvalue weighted by Crippen LogP contribution is 2.03. The van der Waals surface area contributed by atoms with Gasteiger partial charge in [-0.2, -0.15) is 0 Å². The molecule has 4 heteroatoms. The van der Waals surface area contributed by atoms with Crippen molar-refractivity contribution in [1.82, 2.24) is 0 Å². The Bertz CT molecular complexity index is 128. The van der Waals surface area contributed by atoms with Gasteiger partial charge in [-0.1, -0.05) is 6.92 Å². The molecule has 0 aliphatic rings. The summed E-state index contributed by atoms with van der Waals surface area (Å²) < 4.78 is 4.85. The van der Waals surface area contributed by atoms with Crippen LogP contribution in [0.3, 0.4) is 0 Å². The van der Waals surface area contributed by atoms with Gasteiger partial charge in [0, 0.05) is 6.42 Å². The molecule has 0 aromatic carbocycles. The maximum atomic E-state index is 10.9. The van der Waals surface area contributed by atoms with E-state index < -0.39 is 0 Å². The molecule has 0 heterocycles.